The molecule has 130 valence electrons. The van der Waals surface area contributed by atoms with Gasteiger partial charge in [0.25, 0.3) is 0 Å². The number of carbonyl (C=O) groups excluding carboxylic acids is 1. The van der Waals surface area contributed by atoms with Gasteiger partial charge >= 0.3 is 0 Å². The van der Waals surface area contributed by atoms with Crippen molar-refractivity contribution >= 4 is 21.6 Å². The van der Waals surface area contributed by atoms with Crippen LogP contribution in [0.2, 0.25) is 0 Å². The summed E-state index contributed by atoms with van der Waals surface area (Å²) in [7, 11) is -2.49. The standard InChI is InChI=1S/C16H21N3O4S/c1-5-13-8-6-7-9-14(13)17-15(20)10-19(4)24(21,22)16-11(2)18-23-12(16)3/h6-9H,5,10H2,1-4H3,(H,17,20). The molecule has 7 nitrogen and oxygen atoms in total. The van der Waals surface area contributed by atoms with Crippen molar-refractivity contribution in [2.24, 2.45) is 0 Å². The van der Waals surface area contributed by atoms with Gasteiger partial charge in [-0.05, 0) is 31.9 Å². The second-order valence-corrected chi connectivity index (χ2v) is 7.45. The number of nitrogens with zero attached hydrogens (tertiary/aromatic N) is 2. The summed E-state index contributed by atoms with van der Waals surface area (Å²) >= 11 is 0. The Bertz CT molecular complexity index is 823. The Balaban J connectivity index is 2.14. The first-order chi connectivity index (χ1) is 11.3. The topological polar surface area (TPSA) is 92.5 Å². The lowest BCUT2D eigenvalue weighted by Crippen LogP contribution is -2.35. The lowest BCUT2D eigenvalue weighted by molar-refractivity contribution is -0.116. The number of sulfonamides is 1. The Labute approximate surface area is 141 Å². The predicted octanol–water partition coefficient (Wildman–Crippen LogP) is 2.11. The zero-order valence-electron chi connectivity index (χ0n) is 14.2. The number of carbonyl (C=O) groups is 1. The third kappa shape index (κ3) is 3.65. The van der Waals surface area contributed by atoms with E-state index in [1.807, 2.05) is 25.1 Å². The number of anilines is 1. The van der Waals surface area contributed by atoms with Gasteiger partial charge in [-0.1, -0.05) is 30.3 Å². The number of benzene rings is 1. The minimum atomic E-state index is -3.84. The van der Waals surface area contributed by atoms with Gasteiger partial charge in [0.15, 0.2) is 5.76 Å². The fourth-order valence-corrected chi connectivity index (χ4v) is 3.84. The number of amides is 1. The van der Waals surface area contributed by atoms with Gasteiger partial charge in [0, 0.05) is 12.7 Å². The third-order valence-corrected chi connectivity index (χ3v) is 5.72. The van der Waals surface area contributed by atoms with Crippen LogP contribution in [0.25, 0.3) is 0 Å². The molecule has 0 saturated carbocycles. The molecule has 0 atom stereocenters. The molecule has 0 unspecified atom stereocenters. The maximum absolute atomic E-state index is 12.6. The number of para-hydroxylation sites is 1. The van der Waals surface area contributed by atoms with Gasteiger partial charge in [-0.2, -0.15) is 4.31 Å². The van der Waals surface area contributed by atoms with Crippen molar-refractivity contribution in [2.45, 2.75) is 32.1 Å². The summed E-state index contributed by atoms with van der Waals surface area (Å²) < 4.78 is 31.1. The summed E-state index contributed by atoms with van der Waals surface area (Å²) in [5.41, 5.74) is 1.95. The average molecular weight is 351 g/mol. The first-order valence-corrected chi connectivity index (χ1v) is 8.98. The van der Waals surface area contributed by atoms with Crippen molar-refractivity contribution in [3.8, 4) is 0 Å². The van der Waals surface area contributed by atoms with Crippen molar-refractivity contribution in [2.75, 3.05) is 18.9 Å². The van der Waals surface area contributed by atoms with E-state index in [1.165, 1.54) is 14.0 Å². The highest BCUT2D eigenvalue weighted by atomic mass is 32.2. The maximum Gasteiger partial charge on any atom is 0.248 e. The third-order valence-electron chi connectivity index (χ3n) is 3.67. The first-order valence-electron chi connectivity index (χ1n) is 7.54. The molecule has 8 heteroatoms. The van der Waals surface area contributed by atoms with E-state index >= 15 is 0 Å². The van der Waals surface area contributed by atoms with Crippen molar-refractivity contribution in [1.82, 2.24) is 9.46 Å². The number of aromatic nitrogens is 1. The smallest absolute Gasteiger partial charge is 0.248 e. The van der Waals surface area contributed by atoms with Crippen LogP contribution >= 0.6 is 0 Å². The first kappa shape index (κ1) is 18.2. The normalized spacial score (nSPS) is 11.7. The highest BCUT2D eigenvalue weighted by Gasteiger charge is 2.29. The fourth-order valence-electron chi connectivity index (χ4n) is 2.43. The van der Waals surface area contributed by atoms with Gasteiger partial charge in [0.1, 0.15) is 10.6 Å². The van der Waals surface area contributed by atoms with E-state index < -0.39 is 15.9 Å². The van der Waals surface area contributed by atoms with Crippen LogP contribution in [0.5, 0.6) is 0 Å². The van der Waals surface area contributed by atoms with Gasteiger partial charge in [-0.25, -0.2) is 8.42 Å². The van der Waals surface area contributed by atoms with Crippen LogP contribution < -0.4 is 5.32 Å². The number of rotatable bonds is 6. The molecule has 1 aromatic carbocycles. The van der Waals surface area contributed by atoms with Crippen LogP contribution in [0.3, 0.4) is 0 Å². The molecule has 0 fully saturated rings. The van der Waals surface area contributed by atoms with Gasteiger partial charge in [-0.3, -0.25) is 4.79 Å². The van der Waals surface area contributed by atoms with Crippen molar-refractivity contribution in [3.05, 3.63) is 41.3 Å². The molecule has 0 aliphatic carbocycles. The lowest BCUT2D eigenvalue weighted by Gasteiger charge is -2.17. The summed E-state index contributed by atoms with van der Waals surface area (Å²) in [6.45, 7) is 4.76. The Morgan fingerprint density at radius 1 is 1.29 bits per heavy atom. The minimum absolute atomic E-state index is 0.00626. The summed E-state index contributed by atoms with van der Waals surface area (Å²) in [5, 5.41) is 6.41. The lowest BCUT2D eigenvalue weighted by atomic mass is 10.1. The molecule has 0 bridgehead atoms. The SMILES string of the molecule is CCc1ccccc1NC(=O)CN(C)S(=O)(=O)c1c(C)noc1C. The highest BCUT2D eigenvalue weighted by molar-refractivity contribution is 7.89. The van der Waals surface area contributed by atoms with Crippen molar-refractivity contribution < 1.29 is 17.7 Å². The van der Waals surface area contributed by atoms with Crippen LogP contribution in [0, 0.1) is 13.8 Å². The van der Waals surface area contributed by atoms with Gasteiger partial charge in [0.05, 0.1) is 6.54 Å². The summed E-state index contributed by atoms with van der Waals surface area (Å²) in [6, 6.07) is 7.42. The van der Waals surface area contributed by atoms with E-state index in [-0.39, 0.29) is 22.9 Å². The molecule has 0 aliphatic heterocycles. The number of hydrogen-bond acceptors (Lipinski definition) is 5. The monoisotopic (exact) mass is 351 g/mol. The summed E-state index contributed by atoms with van der Waals surface area (Å²) in [4.78, 5) is 12.2. The molecular weight excluding hydrogens is 330 g/mol. The molecule has 0 radical (unpaired) electrons. The Hall–Kier alpha value is -2.19. The summed E-state index contributed by atoms with van der Waals surface area (Å²) in [5.74, 6) is -0.204. The molecule has 1 heterocycles. The summed E-state index contributed by atoms with van der Waals surface area (Å²) in [6.07, 6.45) is 0.768. The minimum Gasteiger partial charge on any atom is -0.360 e. The molecule has 0 saturated heterocycles. The predicted molar refractivity (Wildman–Crippen MR) is 90.2 cm³/mol. The fraction of sp³-hybridized carbons (Fsp3) is 0.375. The molecule has 2 rings (SSSR count). The molecule has 0 spiro atoms. The zero-order valence-corrected chi connectivity index (χ0v) is 15.0. The molecule has 0 aliphatic rings. The van der Waals surface area contributed by atoms with E-state index in [1.54, 1.807) is 13.0 Å². The van der Waals surface area contributed by atoms with Crippen LogP contribution in [0.4, 0.5) is 5.69 Å². The second-order valence-electron chi connectivity index (χ2n) is 5.47. The van der Waals surface area contributed by atoms with Crippen LogP contribution in [0.1, 0.15) is 23.9 Å². The van der Waals surface area contributed by atoms with Crippen molar-refractivity contribution in [3.63, 3.8) is 0 Å². The van der Waals surface area contributed by atoms with Crippen molar-refractivity contribution in [1.29, 1.82) is 0 Å². The van der Waals surface area contributed by atoms with Gasteiger partial charge < -0.3 is 9.84 Å². The zero-order chi connectivity index (χ0) is 17.9. The van der Waals surface area contributed by atoms with Crippen LogP contribution in [-0.2, 0) is 21.2 Å². The molecule has 1 amide bonds. The molecular formula is C16H21N3O4S. The molecule has 24 heavy (non-hydrogen) atoms. The average Bonchev–Trinajstić information content (AvgIpc) is 2.87. The van der Waals surface area contributed by atoms with E-state index in [0.29, 0.717) is 5.69 Å². The molecule has 2 aromatic rings. The molecule has 1 N–H and O–H groups in total. The number of nitrogens with one attached hydrogen (secondary N) is 1. The van der Waals surface area contributed by atoms with E-state index in [9.17, 15) is 13.2 Å². The van der Waals surface area contributed by atoms with E-state index in [0.717, 1.165) is 16.3 Å². The highest BCUT2D eigenvalue weighted by Crippen LogP contribution is 2.22. The van der Waals surface area contributed by atoms with Gasteiger partial charge in [-0.15, -0.1) is 0 Å². The number of aryl methyl sites for hydroxylation is 3. The Morgan fingerprint density at radius 3 is 2.54 bits per heavy atom. The quantitative estimate of drug-likeness (QED) is 0.860. The maximum atomic E-state index is 12.6. The second kappa shape index (κ2) is 7.14. The number of hydrogen-bond donors (Lipinski definition) is 1. The van der Waals surface area contributed by atoms with E-state index in [4.69, 9.17) is 4.52 Å². The Morgan fingerprint density at radius 2 is 1.96 bits per heavy atom. The van der Waals surface area contributed by atoms with Gasteiger partial charge in [0.2, 0.25) is 15.9 Å². The molecule has 1 aromatic heterocycles. The van der Waals surface area contributed by atoms with E-state index in [2.05, 4.69) is 10.5 Å². The van der Waals surface area contributed by atoms with Crippen LogP contribution in [-0.4, -0.2) is 37.4 Å². The number of likely N-dealkylation sites (N-methyl/N-ethyl adjacent to an activating group) is 1. The Kier molecular flexibility index (Phi) is 5.40. The van der Waals surface area contributed by atoms with Crippen LogP contribution in [0.15, 0.2) is 33.7 Å². The largest absolute Gasteiger partial charge is 0.360 e.